The molecule has 0 aliphatic rings. The van der Waals surface area contributed by atoms with Crippen LogP contribution in [0.1, 0.15) is 49.9 Å². The Hall–Kier alpha value is -1.59. The number of benzene rings is 1. The maximum absolute atomic E-state index is 10.8. The molecule has 0 aromatic heterocycles. The Bertz CT molecular complexity index is 439. The number of rotatable bonds is 14. The van der Waals surface area contributed by atoms with E-state index in [1.165, 1.54) is 37.8 Å². The zero-order valence-electron chi connectivity index (χ0n) is 15.0. The molecule has 0 heterocycles. The van der Waals surface area contributed by atoms with Crippen LogP contribution in [0.5, 0.6) is 5.75 Å². The van der Waals surface area contributed by atoms with E-state index in [-0.39, 0.29) is 5.56 Å². The van der Waals surface area contributed by atoms with Crippen molar-refractivity contribution in [2.45, 2.75) is 39.5 Å². The molecule has 0 fully saturated rings. The maximum Gasteiger partial charge on any atom is 0.335 e. The second-order valence-electron chi connectivity index (χ2n) is 5.84. The summed E-state index contributed by atoms with van der Waals surface area (Å²) in [6.07, 6.45) is 4.91. The fourth-order valence-corrected chi connectivity index (χ4v) is 2.31. The normalized spacial score (nSPS) is 11.0. The number of carbonyl (C=O) groups is 1. The molecule has 0 saturated heterocycles. The number of ether oxygens (including phenoxy) is 2. The fourth-order valence-electron chi connectivity index (χ4n) is 2.31. The zero-order valence-corrected chi connectivity index (χ0v) is 15.0. The van der Waals surface area contributed by atoms with Gasteiger partial charge in [-0.3, -0.25) is 0 Å². The molecule has 0 amide bonds. The first kappa shape index (κ1) is 20.5. The van der Waals surface area contributed by atoms with Crippen molar-refractivity contribution < 1.29 is 19.4 Å². The molecule has 1 aromatic carbocycles. The minimum absolute atomic E-state index is 0.262. The first-order valence-corrected chi connectivity index (χ1v) is 8.93. The minimum Gasteiger partial charge on any atom is -0.491 e. The Balaban J connectivity index is 2.14. The van der Waals surface area contributed by atoms with Crippen molar-refractivity contribution in [3.8, 4) is 5.75 Å². The standard InChI is InChI=1S/C19H31NO4/c1-3-5-11-20(12-6-4-2)13-14-23-15-16-24-18-9-7-17(8-10-18)19(21)22/h7-10H,3-6,11-16H2,1-2H3,(H,21,22). The van der Waals surface area contributed by atoms with Gasteiger partial charge in [0.2, 0.25) is 0 Å². The molecule has 1 N–H and O–H groups in total. The van der Waals surface area contributed by atoms with Crippen LogP contribution in [-0.4, -0.2) is 55.4 Å². The predicted octanol–water partition coefficient (Wildman–Crippen LogP) is 3.68. The van der Waals surface area contributed by atoms with E-state index in [4.69, 9.17) is 14.6 Å². The first-order chi connectivity index (χ1) is 11.7. The summed E-state index contributed by atoms with van der Waals surface area (Å²) in [6, 6.07) is 6.41. The van der Waals surface area contributed by atoms with Crippen molar-refractivity contribution in [3.05, 3.63) is 29.8 Å². The number of aromatic carboxylic acids is 1. The van der Waals surface area contributed by atoms with Gasteiger partial charge in [0.1, 0.15) is 12.4 Å². The van der Waals surface area contributed by atoms with Crippen LogP contribution in [0.25, 0.3) is 0 Å². The van der Waals surface area contributed by atoms with Crippen LogP contribution >= 0.6 is 0 Å². The summed E-state index contributed by atoms with van der Waals surface area (Å²) in [6.45, 7) is 9.41. The average Bonchev–Trinajstić information content (AvgIpc) is 2.59. The summed E-state index contributed by atoms with van der Waals surface area (Å²) in [7, 11) is 0. The Morgan fingerprint density at radius 3 is 2.12 bits per heavy atom. The molecule has 0 spiro atoms. The Morgan fingerprint density at radius 2 is 1.58 bits per heavy atom. The van der Waals surface area contributed by atoms with Gasteiger partial charge in [0.25, 0.3) is 0 Å². The Morgan fingerprint density at radius 1 is 0.958 bits per heavy atom. The molecular weight excluding hydrogens is 306 g/mol. The topological polar surface area (TPSA) is 59.0 Å². The monoisotopic (exact) mass is 337 g/mol. The van der Waals surface area contributed by atoms with Crippen molar-refractivity contribution in [2.75, 3.05) is 39.5 Å². The summed E-state index contributed by atoms with van der Waals surface area (Å²) < 4.78 is 11.2. The van der Waals surface area contributed by atoms with E-state index in [2.05, 4.69) is 18.7 Å². The van der Waals surface area contributed by atoms with Gasteiger partial charge in [0.15, 0.2) is 0 Å². The van der Waals surface area contributed by atoms with E-state index in [9.17, 15) is 4.79 Å². The van der Waals surface area contributed by atoms with E-state index < -0.39 is 5.97 Å². The molecule has 0 aliphatic heterocycles. The third-order valence-corrected chi connectivity index (χ3v) is 3.81. The number of carboxylic acid groups (broad SMARTS) is 1. The van der Waals surface area contributed by atoms with Gasteiger partial charge in [0.05, 0.1) is 18.8 Å². The zero-order chi connectivity index (χ0) is 17.6. The van der Waals surface area contributed by atoms with Crippen molar-refractivity contribution >= 4 is 5.97 Å². The van der Waals surface area contributed by atoms with Gasteiger partial charge in [-0.2, -0.15) is 0 Å². The second kappa shape index (κ2) is 12.8. The molecule has 0 atom stereocenters. The lowest BCUT2D eigenvalue weighted by Gasteiger charge is -2.21. The van der Waals surface area contributed by atoms with Crippen LogP contribution < -0.4 is 4.74 Å². The van der Waals surface area contributed by atoms with Crippen molar-refractivity contribution in [2.24, 2.45) is 0 Å². The quantitative estimate of drug-likeness (QED) is 0.525. The minimum atomic E-state index is -0.930. The Kier molecular flexibility index (Phi) is 10.9. The average molecular weight is 337 g/mol. The lowest BCUT2D eigenvalue weighted by atomic mass is 10.2. The first-order valence-electron chi connectivity index (χ1n) is 8.93. The number of hydrogen-bond acceptors (Lipinski definition) is 4. The van der Waals surface area contributed by atoms with Crippen LogP contribution in [0, 0.1) is 0 Å². The number of unbranched alkanes of at least 4 members (excludes halogenated alkanes) is 2. The van der Waals surface area contributed by atoms with Gasteiger partial charge in [-0.15, -0.1) is 0 Å². The Labute approximate surface area is 145 Å². The molecule has 1 aromatic rings. The number of nitrogens with zero attached hydrogens (tertiary/aromatic N) is 1. The highest BCUT2D eigenvalue weighted by molar-refractivity contribution is 5.87. The van der Waals surface area contributed by atoms with Crippen molar-refractivity contribution in [1.82, 2.24) is 4.90 Å². The maximum atomic E-state index is 10.8. The van der Waals surface area contributed by atoms with Crippen LogP contribution in [0.15, 0.2) is 24.3 Å². The highest BCUT2D eigenvalue weighted by Gasteiger charge is 2.04. The molecule has 5 heteroatoms. The second-order valence-corrected chi connectivity index (χ2v) is 5.84. The summed E-state index contributed by atoms with van der Waals surface area (Å²) in [5.41, 5.74) is 0.262. The smallest absolute Gasteiger partial charge is 0.335 e. The van der Waals surface area contributed by atoms with Crippen molar-refractivity contribution in [1.29, 1.82) is 0 Å². The molecule has 1 rings (SSSR count). The van der Waals surface area contributed by atoms with Crippen LogP contribution in [0.4, 0.5) is 0 Å². The van der Waals surface area contributed by atoms with Crippen LogP contribution in [-0.2, 0) is 4.74 Å². The lowest BCUT2D eigenvalue weighted by molar-refractivity contribution is 0.0696. The molecule has 5 nitrogen and oxygen atoms in total. The van der Waals surface area contributed by atoms with E-state index in [0.29, 0.717) is 19.0 Å². The van der Waals surface area contributed by atoms with Gasteiger partial charge >= 0.3 is 5.97 Å². The van der Waals surface area contributed by atoms with Crippen LogP contribution in [0.2, 0.25) is 0 Å². The van der Waals surface area contributed by atoms with Crippen LogP contribution in [0.3, 0.4) is 0 Å². The summed E-state index contributed by atoms with van der Waals surface area (Å²) in [4.78, 5) is 13.2. The highest BCUT2D eigenvalue weighted by atomic mass is 16.5. The molecule has 24 heavy (non-hydrogen) atoms. The van der Waals surface area contributed by atoms with Gasteiger partial charge in [-0.05, 0) is 50.2 Å². The molecule has 0 unspecified atom stereocenters. The molecule has 0 aliphatic carbocycles. The van der Waals surface area contributed by atoms with E-state index in [1.807, 2.05) is 0 Å². The molecule has 0 radical (unpaired) electrons. The van der Waals surface area contributed by atoms with Crippen molar-refractivity contribution in [3.63, 3.8) is 0 Å². The molecular formula is C19H31NO4. The van der Waals surface area contributed by atoms with E-state index in [0.717, 1.165) is 26.2 Å². The van der Waals surface area contributed by atoms with E-state index in [1.54, 1.807) is 12.1 Å². The molecule has 0 bridgehead atoms. The lowest BCUT2D eigenvalue weighted by Crippen LogP contribution is -2.30. The third-order valence-electron chi connectivity index (χ3n) is 3.81. The summed E-state index contributed by atoms with van der Waals surface area (Å²) in [5.74, 6) is -0.267. The number of hydrogen-bond donors (Lipinski definition) is 1. The van der Waals surface area contributed by atoms with E-state index >= 15 is 0 Å². The number of carboxylic acids is 1. The van der Waals surface area contributed by atoms with Gasteiger partial charge < -0.3 is 19.5 Å². The highest BCUT2D eigenvalue weighted by Crippen LogP contribution is 2.11. The summed E-state index contributed by atoms with van der Waals surface area (Å²) in [5, 5.41) is 8.84. The summed E-state index contributed by atoms with van der Waals surface area (Å²) >= 11 is 0. The third kappa shape index (κ3) is 8.89. The van der Waals surface area contributed by atoms with Gasteiger partial charge in [-0.25, -0.2) is 4.79 Å². The fraction of sp³-hybridized carbons (Fsp3) is 0.632. The molecule has 136 valence electrons. The SMILES string of the molecule is CCCCN(CCCC)CCOCCOc1ccc(C(=O)O)cc1. The van der Waals surface area contributed by atoms with Gasteiger partial charge in [-0.1, -0.05) is 26.7 Å². The van der Waals surface area contributed by atoms with Gasteiger partial charge in [0, 0.05) is 6.54 Å². The largest absolute Gasteiger partial charge is 0.491 e. The molecule has 0 saturated carbocycles. The predicted molar refractivity (Wildman–Crippen MR) is 96.0 cm³/mol.